The fourth-order valence-electron chi connectivity index (χ4n) is 6.47. The minimum atomic E-state index is -4.24. The Hall–Kier alpha value is -3.71. The van der Waals surface area contributed by atoms with E-state index in [9.17, 15) is 27.9 Å². The third-order valence-corrected chi connectivity index (χ3v) is 10.8. The monoisotopic (exact) mass is 656 g/mol. The van der Waals surface area contributed by atoms with E-state index >= 15 is 0 Å². The number of piperidine rings is 1. The molecule has 2 aromatic carbocycles. The number of hydrogen-bond acceptors (Lipinski definition) is 6. The zero-order valence-electron chi connectivity index (χ0n) is 26.6. The van der Waals surface area contributed by atoms with Crippen LogP contribution in [0.5, 0.6) is 0 Å². The van der Waals surface area contributed by atoms with Crippen LogP contribution in [0.25, 0.3) is 10.8 Å². The lowest BCUT2D eigenvalue weighted by Gasteiger charge is -2.34. The fourth-order valence-corrected chi connectivity index (χ4v) is 7.69. The Labute approximate surface area is 271 Å². The van der Waals surface area contributed by atoms with Gasteiger partial charge in [0.05, 0.1) is 17.2 Å². The van der Waals surface area contributed by atoms with Gasteiger partial charge in [0.1, 0.15) is 6.04 Å². The van der Waals surface area contributed by atoms with Gasteiger partial charge in [-0.1, -0.05) is 56.5 Å². The number of carboxylic acids is 1. The zero-order valence-corrected chi connectivity index (χ0v) is 27.4. The average molecular weight is 657 g/mol. The van der Waals surface area contributed by atoms with Crippen molar-refractivity contribution < 1.29 is 27.9 Å². The van der Waals surface area contributed by atoms with Gasteiger partial charge < -0.3 is 26.0 Å². The van der Waals surface area contributed by atoms with Gasteiger partial charge in [-0.15, -0.1) is 0 Å². The van der Waals surface area contributed by atoms with Gasteiger partial charge in [0.2, 0.25) is 21.8 Å². The number of rotatable bonds is 14. The molecule has 0 bridgehead atoms. The van der Waals surface area contributed by atoms with Crippen LogP contribution in [0.3, 0.4) is 0 Å². The Bertz CT molecular complexity index is 1490. The molecule has 2 aromatic rings. The quantitative estimate of drug-likeness (QED) is 0.152. The fraction of sp³-hybridized carbons (Fsp3) is 0.576. The molecule has 1 aliphatic heterocycles. The standard InChI is InChI=1S/C33H48N6O6S/c1-2-25(32(42)43)22-39(21-24-8-4-3-5-9-24)31(41)29(19-30(40)36-20-23-14-16-38(17-15-23)33(34)35)37-46(44,45)28-13-12-26-10-6-7-11-27(26)18-28/h6-7,10-13,18,23-25,29,37H,2-5,8-9,14-17,19-22H2,1H3,(H3,34,35)(H,36,40)(H,42,43)/t25-,29?/m0/s1. The summed E-state index contributed by atoms with van der Waals surface area (Å²) in [6.45, 7) is 3.57. The van der Waals surface area contributed by atoms with Crippen LogP contribution in [0.1, 0.15) is 64.7 Å². The molecule has 46 heavy (non-hydrogen) atoms. The molecular weight excluding hydrogens is 608 g/mol. The summed E-state index contributed by atoms with van der Waals surface area (Å²) < 4.78 is 30.0. The number of aliphatic carboxylic acids is 1. The van der Waals surface area contributed by atoms with E-state index in [1.54, 1.807) is 24.0 Å². The average Bonchev–Trinajstić information content (AvgIpc) is 3.05. The van der Waals surface area contributed by atoms with Gasteiger partial charge in [-0.2, -0.15) is 4.72 Å². The normalized spacial score (nSPS) is 17.7. The number of hydrogen-bond donors (Lipinski definition) is 5. The van der Waals surface area contributed by atoms with E-state index in [2.05, 4.69) is 10.0 Å². The predicted octanol–water partition coefficient (Wildman–Crippen LogP) is 3.12. The summed E-state index contributed by atoms with van der Waals surface area (Å²) in [7, 11) is -4.24. The summed E-state index contributed by atoms with van der Waals surface area (Å²) in [6, 6.07) is 10.6. The van der Waals surface area contributed by atoms with E-state index < -0.39 is 46.2 Å². The highest BCUT2D eigenvalue weighted by Gasteiger charge is 2.35. The molecule has 0 radical (unpaired) electrons. The number of benzene rings is 2. The number of carboxylic acid groups (broad SMARTS) is 1. The smallest absolute Gasteiger partial charge is 0.308 e. The summed E-state index contributed by atoms with van der Waals surface area (Å²) in [5.74, 6) is -2.56. The molecule has 13 heteroatoms. The van der Waals surface area contributed by atoms with Crippen LogP contribution in [0.15, 0.2) is 47.4 Å². The molecule has 252 valence electrons. The lowest BCUT2D eigenvalue weighted by atomic mass is 9.88. The summed E-state index contributed by atoms with van der Waals surface area (Å²) in [6.07, 6.45) is 6.32. The van der Waals surface area contributed by atoms with E-state index in [1.807, 2.05) is 18.2 Å². The van der Waals surface area contributed by atoms with Gasteiger partial charge in [0, 0.05) is 32.7 Å². The summed E-state index contributed by atoms with van der Waals surface area (Å²) in [4.78, 5) is 42.8. The minimum absolute atomic E-state index is 0.0218. The van der Waals surface area contributed by atoms with Gasteiger partial charge in [-0.05, 0) is 66.8 Å². The lowest BCUT2D eigenvalue weighted by Crippen LogP contribution is -2.53. The summed E-state index contributed by atoms with van der Waals surface area (Å²) >= 11 is 0. The van der Waals surface area contributed by atoms with Gasteiger partial charge in [0.15, 0.2) is 5.96 Å². The van der Waals surface area contributed by atoms with Crippen molar-refractivity contribution in [3.05, 3.63) is 42.5 Å². The Kier molecular flexibility index (Phi) is 12.4. The molecule has 1 unspecified atom stereocenters. The van der Waals surface area contributed by atoms with Gasteiger partial charge in [-0.25, -0.2) is 8.42 Å². The van der Waals surface area contributed by atoms with Crippen molar-refractivity contribution in [3.8, 4) is 0 Å². The molecular formula is C33H48N6O6S. The maximum atomic E-state index is 14.2. The molecule has 1 heterocycles. The van der Waals surface area contributed by atoms with Crippen LogP contribution in [-0.4, -0.2) is 85.8 Å². The first-order chi connectivity index (χ1) is 22.0. The van der Waals surface area contributed by atoms with Crippen molar-refractivity contribution in [1.29, 1.82) is 5.41 Å². The minimum Gasteiger partial charge on any atom is -0.481 e. The number of fused-ring (bicyclic) bond motifs is 1. The molecule has 1 saturated heterocycles. The molecule has 2 fully saturated rings. The Morgan fingerprint density at radius 3 is 2.33 bits per heavy atom. The van der Waals surface area contributed by atoms with Crippen molar-refractivity contribution in [2.75, 3.05) is 32.7 Å². The molecule has 1 aliphatic carbocycles. The zero-order chi connectivity index (χ0) is 33.3. The van der Waals surface area contributed by atoms with E-state index in [1.165, 1.54) is 17.0 Å². The van der Waals surface area contributed by atoms with Gasteiger partial charge in [0.25, 0.3) is 0 Å². The molecule has 0 spiro atoms. The van der Waals surface area contributed by atoms with Gasteiger partial charge >= 0.3 is 5.97 Å². The van der Waals surface area contributed by atoms with Crippen LogP contribution >= 0.6 is 0 Å². The molecule has 2 aliphatic rings. The molecule has 1 saturated carbocycles. The highest BCUT2D eigenvalue weighted by atomic mass is 32.2. The molecule has 6 N–H and O–H groups in total. The first-order valence-electron chi connectivity index (χ1n) is 16.3. The highest BCUT2D eigenvalue weighted by molar-refractivity contribution is 7.89. The molecule has 4 rings (SSSR count). The number of nitrogens with zero attached hydrogens (tertiary/aromatic N) is 2. The number of nitrogens with one attached hydrogen (secondary N) is 3. The topological polar surface area (TPSA) is 186 Å². The Balaban J connectivity index is 1.56. The Morgan fingerprint density at radius 2 is 1.70 bits per heavy atom. The number of carbonyl (C=O) groups excluding carboxylic acids is 2. The van der Waals surface area contributed by atoms with Crippen LogP contribution in [0.2, 0.25) is 0 Å². The molecule has 12 nitrogen and oxygen atoms in total. The summed E-state index contributed by atoms with van der Waals surface area (Å²) in [5, 5.41) is 21.9. The second-order valence-electron chi connectivity index (χ2n) is 12.7. The molecule has 0 aromatic heterocycles. The van der Waals surface area contributed by atoms with E-state index in [-0.39, 0.29) is 29.2 Å². The van der Waals surface area contributed by atoms with Crippen molar-refractivity contribution >= 4 is 44.5 Å². The number of likely N-dealkylation sites (tertiary alicyclic amines) is 1. The lowest BCUT2D eigenvalue weighted by molar-refractivity contribution is -0.145. The maximum absolute atomic E-state index is 14.2. The molecule has 2 amide bonds. The van der Waals surface area contributed by atoms with E-state index in [0.29, 0.717) is 38.0 Å². The Morgan fingerprint density at radius 1 is 1.02 bits per heavy atom. The second kappa shape index (κ2) is 16.2. The maximum Gasteiger partial charge on any atom is 0.308 e. The third kappa shape index (κ3) is 9.65. The highest BCUT2D eigenvalue weighted by Crippen LogP contribution is 2.26. The second-order valence-corrected chi connectivity index (χ2v) is 14.4. The van der Waals surface area contributed by atoms with E-state index in [4.69, 9.17) is 11.1 Å². The number of amides is 2. The van der Waals surface area contributed by atoms with Crippen molar-refractivity contribution in [3.63, 3.8) is 0 Å². The van der Waals surface area contributed by atoms with Gasteiger partial charge in [-0.3, -0.25) is 19.8 Å². The van der Waals surface area contributed by atoms with Crippen molar-refractivity contribution in [2.45, 2.75) is 75.6 Å². The van der Waals surface area contributed by atoms with Crippen LogP contribution in [0.4, 0.5) is 0 Å². The number of sulfonamides is 1. The predicted molar refractivity (Wildman–Crippen MR) is 176 cm³/mol. The van der Waals surface area contributed by atoms with Crippen LogP contribution < -0.4 is 15.8 Å². The van der Waals surface area contributed by atoms with E-state index in [0.717, 1.165) is 50.3 Å². The van der Waals surface area contributed by atoms with Crippen LogP contribution in [-0.2, 0) is 24.4 Å². The number of guanidine groups is 1. The van der Waals surface area contributed by atoms with Crippen molar-refractivity contribution in [2.24, 2.45) is 23.5 Å². The SMILES string of the molecule is CC[C@@H](CN(CC1CCCCC1)C(=O)C(CC(=O)NCC1CCN(C(=N)N)CC1)NS(=O)(=O)c1ccc2ccccc2c1)C(=O)O. The first kappa shape index (κ1) is 35.1. The molecule has 2 atom stereocenters. The summed E-state index contributed by atoms with van der Waals surface area (Å²) in [5.41, 5.74) is 5.59. The third-order valence-electron chi connectivity index (χ3n) is 9.36. The first-order valence-corrected chi connectivity index (χ1v) is 17.8. The number of nitrogens with two attached hydrogens (primary N) is 1. The largest absolute Gasteiger partial charge is 0.481 e. The number of carbonyl (C=O) groups is 3. The van der Waals surface area contributed by atoms with Crippen LogP contribution in [0, 0.1) is 23.2 Å². The van der Waals surface area contributed by atoms with Crippen molar-refractivity contribution in [1.82, 2.24) is 19.8 Å².